The lowest BCUT2D eigenvalue weighted by atomic mass is 10.1. The zero-order valence-electron chi connectivity index (χ0n) is 16.3. The van der Waals surface area contributed by atoms with Crippen molar-refractivity contribution < 1.29 is 13.3 Å². The number of fused-ring (bicyclic) bond motifs is 4. The van der Waals surface area contributed by atoms with Crippen LogP contribution < -0.4 is 5.56 Å². The second-order valence-corrected chi connectivity index (χ2v) is 9.66. The summed E-state index contributed by atoms with van der Waals surface area (Å²) in [6.45, 7) is 0.407. The highest BCUT2D eigenvalue weighted by Crippen LogP contribution is 2.31. The van der Waals surface area contributed by atoms with E-state index in [2.05, 4.69) is 0 Å². The van der Waals surface area contributed by atoms with Gasteiger partial charge in [-0.25, -0.2) is 13.4 Å². The van der Waals surface area contributed by atoms with E-state index in [0.717, 1.165) is 10.8 Å². The highest BCUT2D eigenvalue weighted by molar-refractivity contribution is 7.91. The van der Waals surface area contributed by atoms with Crippen molar-refractivity contribution in [3.05, 3.63) is 87.0 Å². The van der Waals surface area contributed by atoms with Crippen molar-refractivity contribution in [2.24, 2.45) is 0 Å². The summed E-state index contributed by atoms with van der Waals surface area (Å²) in [4.78, 5) is 28.1. The number of benzene rings is 3. The zero-order chi connectivity index (χ0) is 21.8. The van der Waals surface area contributed by atoms with Crippen molar-refractivity contribution >= 4 is 37.2 Å². The van der Waals surface area contributed by atoms with Crippen molar-refractivity contribution in [2.75, 3.05) is 5.75 Å². The molecule has 0 amide bonds. The third kappa shape index (κ3) is 3.17. The zero-order valence-corrected chi connectivity index (χ0v) is 17.1. The molecule has 8 nitrogen and oxygen atoms in total. The topological polar surface area (TPSA) is 112 Å². The molecule has 156 valence electrons. The summed E-state index contributed by atoms with van der Waals surface area (Å²) in [5, 5.41) is 13.2. The molecule has 1 aliphatic rings. The number of aromatic nitrogens is 2. The van der Waals surface area contributed by atoms with Gasteiger partial charge in [-0.15, -0.1) is 0 Å². The van der Waals surface area contributed by atoms with Crippen LogP contribution in [0.25, 0.3) is 21.7 Å². The van der Waals surface area contributed by atoms with E-state index in [1.165, 1.54) is 24.3 Å². The monoisotopic (exact) mass is 435 g/mol. The van der Waals surface area contributed by atoms with Gasteiger partial charge in [0, 0.05) is 30.0 Å². The van der Waals surface area contributed by atoms with Crippen LogP contribution in [0.3, 0.4) is 0 Å². The normalized spacial score (nSPS) is 15.9. The van der Waals surface area contributed by atoms with E-state index in [-0.39, 0.29) is 21.9 Å². The molecule has 31 heavy (non-hydrogen) atoms. The molecule has 0 N–H and O–H groups in total. The van der Waals surface area contributed by atoms with Crippen molar-refractivity contribution in [3.63, 3.8) is 0 Å². The van der Waals surface area contributed by atoms with E-state index >= 15 is 0 Å². The van der Waals surface area contributed by atoms with Gasteiger partial charge in [0.1, 0.15) is 5.82 Å². The Labute approximate surface area is 176 Å². The van der Waals surface area contributed by atoms with Crippen molar-refractivity contribution in [1.82, 2.24) is 9.55 Å². The summed E-state index contributed by atoms with van der Waals surface area (Å²) >= 11 is 0. The Balaban J connectivity index is 1.57. The van der Waals surface area contributed by atoms with Crippen LogP contribution >= 0.6 is 0 Å². The predicted molar refractivity (Wildman–Crippen MR) is 116 cm³/mol. The molecule has 0 spiro atoms. The SMILES string of the molecule is O=c1c2ccc3ccccc3c2nc2n1CCC2CS(=O)(=O)c1ccc([N+](=O)[O-])cc1. The summed E-state index contributed by atoms with van der Waals surface area (Å²) in [5.74, 6) is -0.177. The van der Waals surface area contributed by atoms with Gasteiger partial charge in [-0.3, -0.25) is 19.5 Å². The van der Waals surface area contributed by atoms with Gasteiger partial charge >= 0.3 is 0 Å². The van der Waals surface area contributed by atoms with Crippen LogP contribution in [0.15, 0.2) is 70.4 Å². The molecule has 0 aliphatic carbocycles. The predicted octanol–water partition coefficient (Wildman–Crippen LogP) is 3.42. The van der Waals surface area contributed by atoms with Gasteiger partial charge in [0.25, 0.3) is 11.2 Å². The summed E-state index contributed by atoms with van der Waals surface area (Å²) in [5.41, 5.74) is 0.242. The molecule has 0 radical (unpaired) electrons. The van der Waals surface area contributed by atoms with Gasteiger partial charge in [-0.1, -0.05) is 30.3 Å². The first-order chi connectivity index (χ1) is 14.8. The quantitative estimate of drug-likeness (QED) is 0.276. The minimum atomic E-state index is -3.72. The average Bonchev–Trinajstić information content (AvgIpc) is 3.16. The number of nitro benzene ring substituents is 1. The van der Waals surface area contributed by atoms with Crippen molar-refractivity contribution in [2.45, 2.75) is 23.8 Å². The number of sulfone groups is 1. The third-order valence-corrected chi connectivity index (χ3v) is 7.60. The van der Waals surface area contributed by atoms with Crippen molar-refractivity contribution in [3.8, 4) is 0 Å². The van der Waals surface area contributed by atoms with Gasteiger partial charge in [0.15, 0.2) is 9.84 Å². The summed E-state index contributed by atoms with van der Waals surface area (Å²) in [6, 6.07) is 16.1. The molecular formula is C22H17N3O5S. The van der Waals surface area contributed by atoms with Crippen LogP contribution in [0.1, 0.15) is 18.2 Å². The molecule has 4 aromatic rings. The van der Waals surface area contributed by atoms with Gasteiger partial charge in [0.2, 0.25) is 0 Å². The van der Waals surface area contributed by atoms with E-state index in [1.807, 2.05) is 30.3 Å². The van der Waals surface area contributed by atoms with Crippen LogP contribution in [0, 0.1) is 10.1 Å². The van der Waals surface area contributed by atoms with Gasteiger partial charge in [-0.2, -0.15) is 0 Å². The molecule has 0 bridgehead atoms. The average molecular weight is 435 g/mol. The van der Waals surface area contributed by atoms with E-state index in [9.17, 15) is 23.3 Å². The second kappa shape index (κ2) is 6.98. The van der Waals surface area contributed by atoms with Gasteiger partial charge in [0.05, 0.1) is 26.5 Å². The second-order valence-electron chi connectivity index (χ2n) is 7.63. The first-order valence-electron chi connectivity index (χ1n) is 9.74. The fourth-order valence-electron chi connectivity index (χ4n) is 4.21. The largest absolute Gasteiger partial charge is 0.296 e. The number of nitro groups is 1. The van der Waals surface area contributed by atoms with E-state index < -0.39 is 20.7 Å². The van der Waals surface area contributed by atoms with Gasteiger partial charge in [-0.05, 0) is 30.0 Å². The number of hydrogen-bond acceptors (Lipinski definition) is 6. The van der Waals surface area contributed by atoms with Crippen LogP contribution in [-0.2, 0) is 16.4 Å². The lowest BCUT2D eigenvalue weighted by Crippen LogP contribution is -2.22. The van der Waals surface area contributed by atoms with Crippen LogP contribution in [0.5, 0.6) is 0 Å². The summed E-state index contributed by atoms with van der Waals surface area (Å²) in [6.07, 6.45) is 0.489. The fourth-order valence-corrected chi connectivity index (χ4v) is 5.80. The van der Waals surface area contributed by atoms with E-state index in [4.69, 9.17) is 4.98 Å². The molecule has 1 atom stereocenters. The molecule has 0 saturated carbocycles. The number of nitrogens with zero attached hydrogens (tertiary/aromatic N) is 3. The molecule has 1 unspecified atom stereocenters. The summed E-state index contributed by atoms with van der Waals surface area (Å²) < 4.78 is 27.5. The smallest absolute Gasteiger partial charge is 0.269 e. The molecular weight excluding hydrogens is 418 g/mol. The molecule has 1 aliphatic heterocycles. The van der Waals surface area contributed by atoms with E-state index in [0.29, 0.717) is 29.7 Å². The molecule has 2 heterocycles. The maximum absolute atomic E-state index is 13.1. The Bertz CT molecular complexity index is 1530. The summed E-state index contributed by atoms with van der Waals surface area (Å²) in [7, 11) is -3.72. The number of non-ortho nitro benzene ring substituents is 1. The minimum absolute atomic E-state index is 0.0186. The molecule has 9 heteroatoms. The Morgan fingerprint density at radius 3 is 2.52 bits per heavy atom. The van der Waals surface area contributed by atoms with Crippen molar-refractivity contribution in [1.29, 1.82) is 0 Å². The Morgan fingerprint density at radius 2 is 1.77 bits per heavy atom. The maximum Gasteiger partial charge on any atom is 0.269 e. The highest BCUT2D eigenvalue weighted by Gasteiger charge is 2.31. The lowest BCUT2D eigenvalue weighted by Gasteiger charge is -2.13. The first kappa shape index (κ1) is 19.4. The number of rotatable bonds is 4. The molecule has 5 rings (SSSR count). The van der Waals surface area contributed by atoms with Crippen LogP contribution in [0.2, 0.25) is 0 Å². The van der Waals surface area contributed by atoms with E-state index in [1.54, 1.807) is 10.6 Å². The van der Waals surface area contributed by atoms with Gasteiger partial charge < -0.3 is 0 Å². The third-order valence-electron chi connectivity index (χ3n) is 5.77. The number of hydrogen-bond donors (Lipinski definition) is 0. The molecule has 0 saturated heterocycles. The Kier molecular flexibility index (Phi) is 4.37. The molecule has 1 aromatic heterocycles. The minimum Gasteiger partial charge on any atom is -0.296 e. The van der Waals surface area contributed by atoms with Crippen LogP contribution in [0.4, 0.5) is 5.69 Å². The molecule has 3 aromatic carbocycles. The lowest BCUT2D eigenvalue weighted by molar-refractivity contribution is -0.384. The fraction of sp³-hybridized carbons (Fsp3) is 0.182. The molecule has 0 fully saturated rings. The Hall–Kier alpha value is -3.59. The maximum atomic E-state index is 13.1. The Morgan fingerprint density at radius 1 is 1.03 bits per heavy atom. The first-order valence-corrected chi connectivity index (χ1v) is 11.4. The highest BCUT2D eigenvalue weighted by atomic mass is 32.2. The van der Waals surface area contributed by atoms with Crippen LogP contribution in [-0.4, -0.2) is 28.6 Å². The standard InChI is InChI=1S/C22H17N3O5S/c26-22-19-10-5-14-3-1-2-4-18(14)20(19)23-21-15(11-12-24(21)22)13-31(29,30)17-8-6-16(7-9-17)25(27)28/h1-10,15H,11-13H2.